The van der Waals surface area contributed by atoms with Crippen molar-refractivity contribution in [2.75, 3.05) is 0 Å². The number of hydrogen-bond donors (Lipinski definition) is 0. The van der Waals surface area contributed by atoms with Crippen LogP contribution in [-0.2, 0) is 6.54 Å². The number of aromatic nitrogens is 2. The van der Waals surface area contributed by atoms with Gasteiger partial charge in [0.05, 0.1) is 5.16 Å². The molecule has 0 aliphatic carbocycles. The molecular formula is C6H5N3S. The van der Waals surface area contributed by atoms with Crippen molar-refractivity contribution in [3.8, 4) is 0 Å². The fraction of sp³-hybridized carbons (Fsp3) is 0.167. The minimum atomic E-state index is 0.421. The van der Waals surface area contributed by atoms with E-state index in [1.807, 2.05) is 0 Å². The lowest BCUT2D eigenvalue weighted by Crippen LogP contribution is -1.89. The Balaban J connectivity index is 2.67. The molecule has 0 saturated carbocycles. The monoisotopic (exact) mass is 151 g/mol. The fourth-order valence-corrected chi connectivity index (χ4v) is 0.579. The first-order valence-corrected chi connectivity index (χ1v) is 3.14. The largest absolute Gasteiger partial charge is 0.239 e. The zero-order valence-corrected chi connectivity index (χ0v) is 6.01. The molecule has 4 heteroatoms. The second kappa shape index (κ2) is 3.82. The molecule has 50 valence electrons. The molecule has 0 bridgehead atoms. The summed E-state index contributed by atoms with van der Waals surface area (Å²) in [6.07, 6.45) is 3.34. The van der Waals surface area contributed by atoms with E-state index in [0.717, 1.165) is 0 Å². The highest BCUT2D eigenvalue weighted by atomic mass is 32.1. The van der Waals surface area contributed by atoms with E-state index in [9.17, 15) is 0 Å². The summed E-state index contributed by atoms with van der Waals surface area (Å²) in [5, 5.41) is 2.24. The van der Waals surface area contributed by atoms with E-state index < -0.39 is 0 Å². The van der Waals surface area contributed by atoms with Gasteiger partial charge in [-0.05, 0) is 18.3 Å². The van der Waals surface area contributed by atoms with E-state index >= 15 is 0 Å². The van der Waals surface area contributed by atoms with Gasteiger partial charge in [0.25, 0.3) is 0 Å². The van der Waals surface area contributed by atoms with Gasteiger partial charge in [0.15, 0.2) is 0 Å². The van der Waals surface area contributed by atoms with Gasteiger partial charge < -0.3 is 0 Å². The highest BCUT2D eigenvalue weighted by molar-refractivity contribution is 7.78. The Morgan fingerprint density at radius 1 is 1.50 bits per heavy atom. The molecule has 0 saturated heterocycles. The Labute approximate surface area is 63.9 Å². The lowest BCUT2D eigenvalue weighted by Gasteiger charge is -1.88. The van der Waals surface area contributed by atoms with Gasteiger partial charge in [-0.2, -0.15) is 0 Å². The highest BCUT2D eigenvalue weighted by Gasteiger charge is 1.87. The maximum atomic E-state index is 4.38. The summed E-state index contributed by atoms with van der Waals surface area (Å²) in [6, 6.07) is 1.75. The van der Waals surface area contributed by atoms with Gasteiger partial charge >= 0.3 is 0 Å². The van der Waals surface area contributed by atoms with Crippen molar-refractivity contribution >= 4 is 17.4 Å². The first kappa shape index (κ1) is 6.99. The summed E-state index contributed by atoms with van der Waals surface area (Å²) in [6.45, 7) is 0.421. The van der Waals surface area contributed by atoms with Gasteiger partial charge in [0, 0.05) is 12.4 Å². The highest BCUT2D eigenvalue weighted by Crippen LogP contribution is 1.87. The quantitative estimate of drug-likeness (QED) is 0.469. The molecule has 10 heavy (non-hydrogen) atoms. The van der Waals surface area contributed by atoms with Crippen molar-refractivity contribution in [2.45, 2.75) is 6.54 Å². The summed E-state index contributed by atoms with van der Waals surface area (Å²) < 4.78 is 0. The zero-order chi connectivity index (χ0) is 7.23. The van der Waals surface area contributed by atoms with Crippen molar-refractivity contribution in [3.63, 3.8) is 0 Å². The summed E-state index contributed by atoms with van der Waals surface area (Å²) >= 11 is 4.38. The van der Waals surface area contributed by atoms with Crippen molar-refractivity contribution < 1.29 is 0 Å². The van der Waals surface area contributed by atoms with Crippen LogP contribution in [0.2, 0.25) is 0 Å². The molecule has 1 aromatic rings. The molecule has 0 unspecified atom stereocenters. The second-order valence-corrected chi connectivity index (χ2v) is 1.76. The van der Waals surface area contributed by atoms with Crippen molar-refractivity contribution in [2.24, 2.45) is 4.99 Å². The molecule has 0 amide bonds. The molecule has 0 N–H and O–H groups in total. The van der Waals surface area contributed by atoms with Crippen molar-refractivity contribution in [1.82, 2.24) is 9.97 Å². The molecule has 0 aliphatic rings. The topological polar surface area (TPSA) is 38.1 Å². The van der Waals surface area contributed by atoms with E-state index in [-0.39, 0.29) is 0 Å². The Morgan fingerprint density at radius 2 is 2.20 bits per heavy atom. The SMILES string of the molecule is S=C=NCc1ncccn1. The van der Waals surface area contributed by atoms with Crippen LogP contribution in [0.5, 0.6) is 0 Å². The molecule has 0 aromatic carbocycles. The number of nitrogens with zero attached hydrogens (tertiary/aromatic N) is 3. The van der Waals surface area contributed by atoms with E-state index in [2.05, 4.69) is 32.3 Å². The zero-order valence-electron chi connectivity index (χ0n) is 5.19. The van der Waals surface area contributed by atoms with Crippen LogP contribution in [0.3, 0.4) is 0 Å². The molecule has 0 fully saturated rings. The van der Waals surface area contributed by atoms with Crippen LogP contribution >= 0.6 is 12.2 Å². The maximum Gasteiger partial charge on any atom is 0.150 e. The lowest BCUT2D eigenvalue weighted by atomic mass is 10.5. The molecule has 0 radical (unpaired) electrons. The Bertz CT molecular complexity index is 240. The van der Waals surface area contributed by atoms with Gasteiger partial charge in [-0.1, -0.05) is 0 Å². The van der Waals surface area contributed by atoms with Crippen LogP contribution in [0.4, 0.5) is 0 Å². The third-order valence-corrected chi connectivity index (χ3v) is 1.03. The van der Waals surface area contributed by atoms with Gasteiger partial charge in [-0.25, -0.2) is 15.0 Å². The standard InChI is InChI=1S/C6H5N3S/c10-5-7-4-6-8-2-1-3-9-6/h1-3H,4H2. The smallest absolute Gasteiger partial charge is 0.150 e. The van der Waals surface area contributed by atoms with Gasteiger partial charge in [-0.15, -0.1) is 0 Å². The number of thiocarbonyl (C=S) groups is 1. The molecule has 1 heterocycles. The predicted molar refractivity (Wildman–Crippen MR) is 40.8 cm³/mol. The van der Waals surface area contributed by atoms with Gasteiger partial charge in [-0.3, -0.25) is 0 Å². The van der Waals surface area contributed by atoms with Crippen LogP contribution in [0.15, 0.2) is 23.5 Å². The summed E-state index contributed by atoms with van der Waals surface area (Å²) in [7, 11) is 0. The average molecular weight is 151 g/mol. The molecule has 1 rings (SSSR count). The molecule has 0 aliphatic heterocycles. The Morgan fingerprint density at radius 3 is 2.80 bits per heavy atom. The number of aliphatic imine (C=N–C) groups is 1. The predicted octanol–water partition coefficient (Wildman–Crippen LogP) is 1.08. The van der Waals surface area contributed by atoms with E-state index in [0.29, 0.717) is 12.4 Å². The van der Waals surface area contributed by atoms with Crippen molar-refractivity contribution in [3.05, 3.63) is 24.3 Å². The van der Waals surface area contributed by atoms with E-state index in [1.165, 1.54) is 0 Å². The first-order valence-electron chi connectivity index (χ1n) is 2.73. The number of rotatable bonds is 2. The molecule has 0 spiro atoms. The third kappa shape index (κ3) is 2.01. The van der Waals surface area contributed by atoms with Crippen LogP contribution < -0.4 is 0 Å². The summed E-state index contributed by atoms with van der Waals surface area (Å²) in [5.74, 6) is 0.667. The number of isothiocyanates is 1. The third-order valence-electron chi connectivity index (χ3n) is 0.904. The molecule has 0 atom stereocenters. The summed E-state index contributed by atoms with van der Waals surface area (Å²) in [4.78, 5) is 11.5. The minimum absolute atomic E-state index is 0.421. The van der Waals surface area contributed by atoms with Crippen molar-refractivity contribution in [1.29, 1.82) is 0 Å². The Kier molecular flexibility index (Phi) is 2.67. The second-order valence-electron chi connectivity index (χ2n) is 1.57. The first-order chi connectivity index (χ1) is 4.93. The normalized spacial score (nSPS) is 8.40. The van der Waals surface area contributed by atoms with Crippen LogP contribution in [0.1, 0.15) is 5.82 Å². The fourth-order valence-electron chi connectivity index (χ4n) is 0.515. The number of hydrogen-bond acceptors (Lipinski definition) is 4. The molecule has 3 nitrogen and oxygen atoms in total. The average Bonchev–Trinajstić information content (AvgIpc) is 2.03. The van der Waals surface area contributed by atoms with Crippen LogP contribution in [-0.4, -0.2) is 15.1 Å². The molecular weight excluding hydrogens is 146 g/mol. The van der Waals surface area contributed by atoms with E-state index in [1.54, 1.807) is 18.5 Å². The lowest BCUT2D eigenvalue weighted by molar-refractivity contribution is 0.915. The Hall–Kier alpha value is -1.12. The van der Waals surface area contributed by atoms with Crippen LogP contribution in [0, 0.1) is 0 Å². The summed E-state index contributed by atoms with van der Waals surface area (Å²) in [5.41, 5.74) is 0. The molecule has 1 aromatic heterocycles. The van der Waals surface area contributed by atoms with Crippen LogP contribution in [0.25, 0.3) is 0 Å². The van der Waals surface area contributed by atoms with Gasteiger partial charge in [0.2, 0.25) is 0 Å². The van der Waals surface area contributed by atoms with E-state index in [4.69, 9.17) is 0 Å². The minimum Gasteiger partial charge on any atom is -0.239 e. The maximum absolute atomic E-state index is 4.38. The van der Waals surface area contributed by atoms with Gasteiger partial charge in [0.1, 0.15) is 12.4 Å².